The van der Waals surface area contributed by atoms with Crippen LogP contribution in [0.1, 0.15) is 86.5 Å². The topological polar surface area (TPSA) is 43.4 Å². The lowest BCUT2D eigenvalue weighted by Gasteiger charge is -2.53. The highest BCUT2D eigenvalue weighted by Gasteiger charge is 2.56. The number of hydrogen-bond acceptors (Lipinski definition) is 3. The molecule has 3 heteroatoms. The molecule has 27 heavy (non-hydrogen) atoms. The summed E-state index contributed by atoms with van der Waals surface area (Å²) in [4.78, 5) is 24.3. The molecule has 0 spiro atoms. The molecule has 6 atom stereocenters. The largest absolute Gasteiger partial charge is 0.381 e. The van der Waals surface area contributed by atoms with Gasteiger partial charge in [-0.3, -0.25) is 9.59 Å². The lowest BCUT2D eigenvalue weighted by molar-refractivity contribution is -0.131. The van der Waals surface area contributed by atoms with E-state index in [1.165, 1.54) is 5.57 Å². The van der Waals surface area contributed by atoms with Crippen molar-refractivity contribution in [3.05, 3.63) is 11.6 Å². The molecule has 0 radical (unpaired) electrons. The Labute approximate surface area is 166 Å². The molecule has 0 saturated heterocycles. The van der Waals surface area contributed by atoms with Crippen molar-refractivity contribution in [1.29, 1.82) is 0 Å². The van der Waals surface area contributed by atoms with Gasteiger partial charge in [-0.15, -0.1) is 0 Å². The third-order valence-electron chi connectivity index (χ3n) is 8.08. The van der Waals surface area contributed by atoms with E-state index in [2.05, 4.69) is 20.8 Å². The number of hydrogen-bond donors (Lipinski definition) is 0. The monoisotopic (exact) mass is 376 g/mol. The van der Waals surface area contributed by atoms with Gasteiger partial charge in [0.05, 0.1) is 6.10 Å². The molecule has 0 aliphatic heterocycles. The SMILES string of the molecule is CC.COC1CCC(C)([C@H]2CCC3(C)C(=O)CC[C@H]3C2C)/C(=C\C(C)=O)C1. The summed E-state index contributed by atoms with van der Waals surface area (Å²) in [6.07, 6.45) is 9.06. The van der Waals surface area contributed by atoms with Crippen LogP contribution in [0.2, 0.25) is 0 Å². The summed E-state index contributed by atoms with van der Waals surface area (Å²) in [7, 11) is 1.78. The summed E-state index contributed by atoms with van der Waals surface area (Å²) in [6.45, 7) is 12.6. The molecule has 0 amide bonds. The summed E-state index contributed by atoms with van der Waals surface area (Å²) in [5.41, 5.74) is 1.25. The number of ketones is 2. The van der Waals surface area contributed by atoms with Crippen LogP contribution < -0.4 is 0 Å². The normalized spacial score (nSPS) is 43.1. The van der Waals surface area contributed by atoms with Gasteiger partial charge in [-0.1, -0.05) is 40.2 Å². The molecular weight excluding hydrogens is 336 g/mol. The minimum absolute atomic E-state index is 0.0626. The number of methoxy groups -OCH3 is 1. The Balaban J connectivity index is 0.00000126. The Morgan fingerprint density at radius 2 is 1.67 bits per heavy atom. The fourth-order valence-corrected chi connectivity index (χ4v) is 6.46. The second-order valence-corrected chi connectivity index (χ2v) is 9.29. The lowest BCUT2D eigenvalue weighted by atomic mass is 9.51. The predicted molar refractivity (Wildman–Crippen MR) is 111 cm³/mol. The van der Waals surface area contributed by atoms with Crippen LogP contribution in [0.4, 0.5) is 0 Å². The summed E-state index contributed by atoms with van der Waals surface area (Å²) < 4.78 is 5.61. The molecule has 4 unspecified atom stereocenters. The molecule has 3 fully saturated rings. The van der Waals surface area contributed by atoms with Gasteiger partial charge in [0.2, 0.25) is 0 Å². The zero-order valence-corrected chi connectivity index (χ0v) is 18.6. The minimum atomic E-state index is -0.0968. The van der Waals surface area contributed by atoms with E-state index in [0.29, 0.717) is 23.5 Å². The zero-order valence-electron chi connectivity index (χ0n) is 18.6. The maximum absolute atomic E-state index is 12.5. The van der Waals surface area contributed by atoms with Gasteiger partial charge in [0.1, 0.15) is 5.78 Å². The van der Waals surface area contributed by atoms with Crippen LogP contribution in [0.3, 0.4) is 0 Å². The van der Waals surface area contributed by atoms with Crippen molar-refractivity contribution < 1.29 is 14.3 Å². The molecule has 0 aromatic carbocycles. The second kappa shape index (κ2) is 8.59. The maximum atomic E-state index is 12.5. The molecule has 154 valence electrons. The number of carbonyl (C=O) groups is 2. The Hall–Kier alpha value is -0.960. The van der Waals surface area contributed by atoms with Crippen LogP contribution in [0.25, 0.3) is 0 Å². The highest BCUT2D eigenvalue weighted by atomic mass is 16.5. The molecule has 3 aliphatic rings. The average Bonchev–Trinajstić information content (AvgIpc) is 2.94. The van der Waals surface area contributed by atoms with Gasteiger partial charge in [0.15, 0.2) is 5.78 Å². The van der Waals surface area contributed by atoms with Crippen LogP contribution in [-0.2, 0) is 14.3 Å². The second-order valence-electron chi connectivity index (χ2n) is 9.29. The molecule has 0 N–H and O–H groups in total. The van der Waals surface area contributed by atoms with Crippen LogP contribution in [0.15, 0.2) is 11.6 Å². The van der Waals surface area contributed by atoms with Gasteiger partial charge in [-0.25, -0.2) is 0 Å². The third-order valence-corrected chi connectivity index (χ3v) is 8.08. The van der Waals surface area contributed by atoms with Gasteiger partial charge in [0.25, 0.3) is 0 Å². The van der Waals surface area contributed by atoms with Crippen LogP contribution in [0.5, 0.6) is 0 Å². The van der Waals surface area contributed by atoms with Crippen molar-refractivity contribution in [3.8, 4) is 0 Å². The fourth-order valence-electron chi connectivity index (χ4n) is 6.46. The van der Waals surface area contributed by atoms with E-state index in [0.717, 1.165) is 44.9 Å². The highest BCUT2D eigenvalue weighted by Crippen LogP contribution is 2.61. The van der Waals surface area contributed by atoms with Crippen molar-refractivity contribution in [2.45, 2.75) is 92.6 Å². The third kappa shape index (κ3) is 3.95. The lowest BCUT2D eigenvalue weighted by Crippen LogP contribution is -2.48. The zero-order chi connectivity index (χ0) is 20.4. The number of rotatable bonds is 3. The average molecular weight is 377 g/mol. The summed E-state index contributed by atoms with van der Waals surface area (Å²) in [6, 6.07) is 0. The Bertz CT molecular complexity index is 592. The standard InChI is InChI=1S/C22H34O3.C2H6/c1-14(23)12-16-13-17(25-5)8-10-21(16,3)19-9-11-22(4)18(15(19)2)6-7-20(22)24;1-2/h12,15,17-19H,6-11,13H2,1-5H3;1-2H3/b16-12-;/t15?,17?,18-,19-,21?,22?;/m0./s1. The van der Waals surface area contributed by atoms with E-state index in [9.17, 15) is 9.59 Å². The number of Topliss-reactive ketones (excluding diaryl/α,β-unsaturated/α-hetero) is 1. The van der Waals surface area contributed by atoms with Crippen molar-refractivity contribution in [2.75, 3.05) is 7.11 Å². The van der Waals surface area contributed by atoms with Gasteiger partial charge in [0, 0.05) is 18.9 Å². The first-order valence-electron chi connectivity index (χ1n) is 11.0. The number of allylic oxidation sites excluding steroid dienone is 1. The molecule has 3 saturated carbocycles. The smallest absolute Gasteiger partial charge is 0.152 e. The molecule has 0 aromatic rings. The van der Waals surface area contributed by atoms with Crippen LogP contribution >= 0.6 is 0 Å². The van der Waals surface area contributed by atoms with Crippen molar-refractivity contribution in [2.24, 2.45) is 28.6 Å². The molecule has 0 bridgehead atoms. The maximum Gasteiger partial charge on any atom is 0.152 e. The van der Waals surface area contributed by atoms with Gasteiger partial charge in [-0.2, -0.15) is 0 Å². The van der Waals surface area contributed by atoms with Crippen molar-refractivity contribution >= 4 is 11.6 Å². The van der Waals surface area contributed by atoms with E-state index in [1.54, 1.807) is 14.0 Å². The van der Waals surface area contributed by atoms with Gasteiger partial charge in [-0.05, 0) is 74.7 Å². The molecule has 0 aromatic heterocycles. The molecule has 3 nitrogen and oxygen atoms in total. The number of fused-ring (bicyclic) bond motifs is 1. The van der Waals surface area contributed by atoms with E-state index in [1.807, 2.05) is 19.9 Å². The number of ether oxygens (including phenoxy) is 1. The fraction of sp³-hybridized carbons (Fsp3) is 0.833. The first-order chi connectivity index (χ1) is 12.7. The van der Waals surface area contributed by atoms with E-state index in [-0.39, 0.29) is 22.7 Å². The minimum Gasteiger partial charge on any atom is -0.381 e. The first-order valence-corrected chi connectivity index (χ1v) is 11.0. The van der Waals surface area contributed by atoms with E-state index < -0.39 is 0 Å². The van der Waals surface area contributed by atoms with Gasteiger partial charge < -0.3 is 4.74 Å². The van der Waals surface area contributed by atoms with E-state index in [4.69, 9.17) is 4.74 Å². The predicted octanol–water partition coefficient (Wildman–Crippen LogP) is 5.76. The Morgan fingerprint density at radius 3 is 2.26 bits per heavy atom. The quantitative estimate of drug-likeness (QED) is 0.588. The van der Waals surface area contributed by atoms with Crippen molar-refractivity contribution in [3.63, 3.8) is 0 Å². The van der Waals surface area contributed by atoms with Crippen molar-refractivity contribution in [1.82, 2.24) is 0 Å². The van der Waals surface area contributed by atoms with Crippen LogP contribution in [-0.4, -0.2) is 24.8 Å². The number of carbonyl (C=O) groups excluding carboxylic acids is 2. The van der Waals surface area contributed by atoms with Crippen LogP contribution in [0, 0.1) is 28.6 Å². The molecule has 0 heterocycles. The van der Waals surface area contributed by atoms with Gasteiger partial charge >= 0.3 is 0 Å². The molecule has 3 aliphatic carbocycles. The Morgan fingerprint density at radius 1 is 1.07 bits per heavy atom. The summed E-state index contributed by atoms with van der Waals surface area (Å²) in [5, 5.41) is 0. The molecular formula is C24H40O3. The Kier molecular flexibility index (Phi) is 7.11. The first kappa shape index (κ1) is 22.3. The highest BCUT2D eigenvalue weighted by molar-refractivity contribution is 5.88. The summed E-state index contributed by atoms with van der Waals surface area (Å²) >= 11 is 0. The van der Waals surface area contributed by atoms with E-state index >= 15 is 0 Å². The summed E-state index contributed by atoms with van der Waals surface area (Å²) in [5.74, 6) is 2.22. The molecule has 3 rings (SSSR count).